The number of hydrogen-bond acceptors (Lipinski definition) is 2. The van der Waals surface area contributed by atoms with Gasteiger partial charge in [-0.15, -0.1) is 0 Å². The molecule has 0 bridgehead atoms. The van der Waals surface area contributed by atoms with Crippen molar-refractivity contribution in [2.45, 2.75) is 45.8 Å². The summed E-state index contributed by atoms with van der Waals surface area (Å²) < 4.78 is 5.79. The molecule has 1 N–H and O–H groups in total. The van der Waals surface area contributed by atoms with E-state index in [2.05, 4.69) is 36.5 Å². The number of nitrogens with one attached hydrogen (secondary N) is 1. The summed E-state index contributed by atoms with van der Waals surface area (Å²) in [5.74, 6) is 0.394. The van der Waals surface area contributed by atoms with E-state index in [1.807, 2.05) is 26.0 Å². The third-order valence-corrected chi connectivity index (χ3v) is 4.33. The molecule has 3 nitrogen and oxygen atoms in total. The summed E-state index contributed by atoms with van der Waals surface area (Å²) in [4.78, 5) is 12.5. The highest BCUT2D eigenvalue weighted by molar-refractivity contribution is 6.32. The molecule has 0 aliphatic carbocycles. The Morgan fingerprint density at radius 1 is 1.12 bits per heavy atom. The van der Waals surface area contributed by atoms with Crippen LogP contribution in [0.4, 0.5) is 0 Å². The highest BCUT2D eigenvalue weighted by Crippen LogP contribution is 2.25. The van der Waals surface area contributed by atoms with Crippen LogP contribution in [0, 0.1) is 0 Å². The fraction of sp³-hybridized carbons (Fsp3) is 0.350. The van der Waals surface area contributed by atoms with Crippen molar-refractivity contribution in [3.8, 4) is 5.75 Å². The van der Waals surface area contributed by atoms with Gasteiger partial charge in [-0.3, -0.25) is 4.79 Å². The molecule has 1 amide bonds. The van der Waals surface area contributed by atoms with Crippen molar-refractivity contribution in [1.29, 1.82) is 0 Å². The number of aryl methyl sites for hydroxylation is 1. The largest absolute Gasteiger partial charge is 0.479 e. The summed E-state index contributed by atoms with van der Waals surface area (Å²) in [6.45, 7) is 6.01. The van der Waals surface area contributed by atoms with Crippen LogP contribution in [-0.2, 0) is 11.2 Å². The van der Waals surface area contributed by atoms with Gasteiger partial charge in [0.25, 0.3) is 5.91 Å². The number of amides is 1. The molecule has 0 fully saturated rings. The van der Waals surface area contributed by atoms with Gasteiger partial charge in [-0.2, -0.15) is 0 Å². The fourth-order valence-electron chi connectivity index (χ4n) is 2.45. The summed E-state index contributed by atoms with van der Waals surface area (Å²) in [5.41, 5.74) is 2.36. The molecule has 128 valence electrons. The third kappa shape index (κ3) is 4.75. The number of para-hydroxylation sites is 1. The number of benzene rings is 2. The van der Waals surface area contributed by atoms with Gasteiger partial charge in [0.2, 0.25) is 0 Å². The van der Waals surface area contributed by atoms with Crippen molar-refractivity contribution < 1.29 is 9.53 Å². The highest BCUT2D eigenvalue weighted by Gasteiger charge is 2.21. The molecular formula is C20H24ClNO2. The standard InChI is InChI=1S/C20H24ClNO2/c1-4-15-10-12-16(13-11-15)14(3)22-20(23)18(5-2)24-19-9-7-6-8-17(19)21/h6-14,18H,4-5H2,1-3H3,(H,22,23)/t14-,18-/m0/s1. The van der Waals surface area contributed by atoms with Gasteiger partial charge in [0, 0.05) is 0 Å². The van der Waals surface area contributed by atoms with E-state index in [1.165, 1.54) is 5.56 Å². The van der Waals surface area contributed by atoms with E-state index in [0.717, 1.165) is 12.0 Å². The summed E-state index contributed by atoms with van der Waals surface area (Å²) in [7, 11) is 0. The van der Waals surface area contributed by atoms with Crippen molar-refractivity contribution in [1.82, 2.24) is 5.32 Å². The van der Waals surface area contributed by atoms with Gasteiger partial charge >= 0.3 is 0 Å². The lowest BCUT2D eigenvalue weighted by Crippen LogP contribution is -2.39. The van der Waals surface area contributed by atoms with Crippen LogP contribution in [0.2, 0.25) is 5.02 Å². The topological polar surface area (TPSA) is 38.3 Å². The first-order valence-corrected chi connectivity index (χ1v) is 8.73. The molecule has 0 radical (unpaired) electrons. The minimum atomic E-state index is -0.567. The average molecular weight is 346 g/mol. The summed E-state index contributed by atoms with van der Waals surface area (Å²) in [5, 5.41) is 3.52. The third-order valence-electron chi connectivity index (χ3n) is 4.02. The normalized spacial score (nSPS) is 13.2. The van der Waals surface area contributed by atoms with Crippen LogP contribution in [0.15, 0.2) is 48.5 Å². The first-order chi connectivity index (χ1) is 11.5. The number of ether oxygens (including phenoxy) is 1. The maximum absolute atomic E-state index is 12.5. The molecule has 0 aliphatic heterocycles. The second-order valence-electron chi connectivity index (χ2n) is 5.77. The molecule has 0 heterocycles. The van der Waals surface area contributed by atoms with Gasteiger partial charge in [0.05, 0.1) is 11.1 Å². The predicted octanol–water partition coefficient (Wildman–Crippen LogP) is 4.94. The Labute approximate surface area is 149 Å². The van der Waals surface area contributed by atoms with Gasteiger partial charge in [0.1, 0.15) is 5.75 Å². The zero-order chi connectivity index (χ0) is 17.5. The molecule has 0 saturated carbocycles. The zero-order valence-electron chi connectivity index (χ0n) is 14.4. The smallest absolute Gasteiger partial charge is 0.261 e. The van der Waals surface area contributed by atoms with Crippen molar-refractivity contribution in [3.63, 3.8) is 0 Å². The second-order valence-corrected chi connectivity index (χ2v) is 6.18. The Bertz CT molecular complexity index is 670. The van der Waals surface area contributed by atoms with Crippen LogP contribution in [0.1, 0.15) is 44.4 Å². The van der Waals surface area contributed by atoms with Crippen LogP contribution in [0.25, 0.3) is 0 Å². The van der Waals surface area contributed by atoms with Gasteiger partial charge in [0.15, 0.2) is 6.10 Å². The van der Waals surface area contributed by atoms with Gasteiger partial charge in [-0.05, 0) is 43.0 Å². The first kappa shape index (κ1) is 18.3. The predicted molar refractivity (Wildman–Crippen MR) is 98.5 cm³/mol. The molecule has 0 saturated heterocycles. The molecule has 2 rings (SSSR count). The van der Waals surface area contributed by atoms with E-state index in [9.17, 15) is 4.79 Å². The van der Waals surface area contributed by atoms with Gasteiger partial charge < -0.3 is 10.1 Å². The van der Waals surface area contributed by atoms with Gasteiger partial charge in [-0.1, -0.05) is 61.8 Å². The fourth-order valence-corrected chi connectivity index (χ4v) is 2.63. The summed E-state index contributed by atoms with van der Waals surface area (Å²) >= 11 is 6.10. The number of carbonyl (C=O) groups excluding carboxylic acids is 1. The Morgan fingerprint density at radius 2 is 1.79 bits per heavy atom. The molecule has 0 spiro atoms. The summed E-state index contributed by atoms with van der Waals surface area (Å²) in [6.07, 6.45) is 1.01. The second kappa shape index (κ2) is 8.74. The molecule has 24 heavy (non-hydrogen) atoms. The molecule has 0 aliphatic rings. The molecule has 2 aromatic carbocycles. The quantitative estimate of drug-likeness (QED) is 0.772. The molecule has 0 aromatic heterocycles. The molecule has 4 heteroatoms. The lowest BCUT2D eigenvalue weighted by atomic mass is 10.0. The molecule has 2 aromatic rings. The van der Waals surface area contributed by atoms with Crippen LogP contribution < -0.4 is 10.1 Å². The van der Waals surface area contributed by atoms with E-state index in [1.54, 1.807) is 12.1 Å². The van der Waals surface area contributed by atoms with Crippen LogP contribution >= 0.6 is 11.6 Å². The van der Waals surface area contributed by atoms with E-state index >= 15 is 0 Å². The van der Waals surface area contributed by atoms with E-state index in [4.69, 9.17) is 16.3 Å². The van der Waals surface area contributed by atoms with Crippen molar-refractivity contribution in [2.75, 3.05) is 0 Å². The Kier molecular flexibility index (Phi) is 6.68. The minimum absolute atomic E-state index is 0.0766. The van der Waals surface area contributed by atoms with Crippen LogP contribution in [-0.4, -0.2) is 12.0 Å². The first-order valence-electron chi connectivity index (χ1n) is 8.35. The number of halogens is 1. The van der Waals surface area contributed by atoms with E-state index < -0.39 is 6.10 Å². The van der Waals surface area contributed by atoms with E-state index in [0.29, 0.717) is 17.2 Å². The molecule has 2 atom stereocenters. The van der Waals surface area contributed by atoms with Crippen molar-refractivity contribution in [2.24, 2.45) is 0 Å². The summed E-state index contributed by atoms with van der Waals surface area (Å²) in [6, 6.07) is 15.4. The molecular weight excluding hydrogens is 322 g/mol. The number of hydrogen-bond donors (Lipinski definition) is 1. The average Bonchev–Trinajstić information content (AvgIpc) is 2.61. The Balaban J connectivity index is 2.01. The lowest BCUT2D eigenvalue weighted by Gasteiger charge is -2.21. The van der Waals surface area contributed by atoms with Gasteiger partial charge in [-0.25, -0.2) is 0 Å². The number of rotatable bonds is 7. The monoisotopic (exact) mass is 345 g/mol. The van der Waals surface area contributed by atoms with Crippen LogP contribution in [0.3, 0.4) is 0 Å². The Morgan fingerprint density at radius 3 is 2.38 bits per heavy atom. The van der Waals surface area contributed by atoms with Crippen molar-refractivity contribution in [3.05, 3.63) is 64.7 Å². The molecule has 0 unspecified atom stereocenters. The highest BCUT2D eigenvalue weighted by atomic mass is 35.5. The van der Waals surface area contributed by atoms with Crippen LogP contribution in [0.5, 0.6) is 5.75 Å². The lowest BCUT2D eigenvalue weighted by molar-refractivity contribution is -0.128. The minimum Gasteiger partial charge on any atom is -0.479 e. The number of carbonyl (C=O) groups is 1. The Hall–Kier alpha value is -2.00. The van der Waals surface area contributed by atoms with Crippen molar-refractivity contribution >= 4 is 17.5 Å². The van der Waals surface area contributed by atoms with E-state index in [-0.39, 0.29) is 11.9 Å². The maximum atomic E-state index is 12.5. The SMILES string of the molecule is CCc1ccc([C@H](C)NC(=O)[C@H](CC)Oc2ccccc2Cl)cc1. The maximum Gasteiger partial charge on any atom is 0.261 e. The zero-order valence-corrected chi connectivity index (χ0v) is 15.1.